The van der Waals surface area contributed by atoms with Gasteiger partial charge in [-0.15, -0.1) is 0 Å². The van der Waals surface area contributed by atoms with Gasteiger partial charge in [0.25, 0.3) is 0 Å². The minimum Gasteiger partial charge on any atom is -0.350 e. The molecule has 3 amide bonds. The van der Waals surface area contributed by atoms with Gasteiger partial charge in [-0.2, -0.15) is 0 Å². The van der Waals surface area contributed by atoms with E-state index < -0.39 is 5.92 Å². The monoisotopic (exact) mass is 431 g/mol. The highest BCUT2D eigenvalue weighted by Gasteiger charge is 2.37. The molecule has 1 aliphatic heterocycles. The van der Waals surface area contributed by atoms with Gasteiger partial charge in [0.05, 0.1) is 23.2 Å². The average Bonchev–Trinajstić information content (AvgIpc) is 3.13. The fourth-order valence-electron chi connectivity index (χ4n) is 3.41. The molecule has 1 heterocycles. The third-order valence-electron chi connectivity index (χ3n) is 5.05. The Labute approximate surface area is 179 Å². The molecule has 0 radical (unpaired) electrons. The Balaban J connectivity index is 1.57. The zero-order valence-corrected chi connectivity index (χ0v) is 17.4. The molecule has 1 fully saturated rings. The van der Waals surface area contributed by atoms with Crippen LogP contribution in [0.5, 0.6) is 0 Å². The first-order valence-corrected chi connectivity index (χ1v) is 10.1. The Morgan fingerprint density at radius 2 is 1.90 bits per heavy atom. The lowest BCUT2D eigenvalue weighted by atomic mass is 10.1. The van der Waals surface area contributed by atoms with Crippen LogP contribution >= 0.6 is 11.6 Å². The summed E-state index contributed by atoms with van der Waals surface area (Å²) in [5, 5.41) is 3.18. The van der Waals surface area contributed by atoms with E-state index in [1.165, 1.54) is 21.9 Å². The van der Waals surface area contributed by atoms with E-state index in [4.69, 9.17) is 11.6 Å². The van der Waals surface area contributed by atoms with Crippen LogP contribution in [0.2, 0.25) is 5.02 Å². The number of rotatable bonds is 7. The van der Waals surface area contributed by atoms with Crippen LogP contribution < -0.4 is 10.2 Å². The molecule has 158 valence electrons. The van der Waals surface area contributed by atoms with Gasteiger partial charge in [-0.1, -0.05) is 35.9 Å². The fraction of sp³-hybridized carbons (Fsp3) is 0.318. The number of hydrogen-bond acceptors (Lipinski definition) is 3. The third kappa shape index (κ3) is 5.16. The molecule has 0 spiro atoms. The largest absolute Gasteiger partial charge is 0.350 e. The molecule has 6 nitrogen and oxygen atoms in total. The Morgan fingerprint density at radius 3 is 2.57 bits per heavy atom. The van der Waals surface area contributed by atoms with Crippen molar-refractivity contribution in [1.82, 2.24) is 10.2 Å². The van der Waals surface area contributed by atoms with Gasteiger partial charge < -0.3 is 15.1 Å². The van der Waals surface area contributed by atoms with Gasteiger partial charge >= 0.3 is 0 Å². The standard InChI is InChI=1S/C22H23ClFN3O3/c1-2-26(14-20(28)25-12-15-7-9-17(24)10-8-15)22(30)16-11-21(29)27(13-16)19-6-4-3-5-18(19)23/h3-10,16H,2,11-14H2,1H3,(H,25,28). The maximum Gasteiger partial charge on any atom is 0.239 e. The fourth-order valence-corrected chi connectivity index (χ4v) is 3.65. The summed E-state index contributed by atoms with van der Waals surface area (Å²) in [6.45, 7) is 2.50. The first-order chi connectivity index (χ1) is 14.4. The van der Waals surface area contributed by atoms with Gasteiger partial charge in [0.2, 0.25) is 17.7 Å². The molecule has 1 saturated heterocycles. The van der Waals surface area contributed by atoms with Gasteiger partial charge in [-0.05, 0) is 36.8 Å². The van der Waals surface area contributed by atoms with E-state index in [1.54, 1.807) is 43.3 Å². The molecular weight excluding hydrogens is 409 g/mol. The summed E-state index contributed by atoms with van der Waals surface area (Å²) in [7, 11) is 0. The number of nitrogens with one attached hydrogen (secondary N) is 1. The van der Waals surface area contributed by atoms with Gasteiger partial charge in [0.1, 0.15) is 5.82 Å². The van der Waals surface area contributed by atoms with Crippen molar-refractivity contribution in [3.05, 3.63) is 64.9 Å². The van der Waals surface area contributed by atoms with E-state index in [9.17, 15) is 18.8 Å². The van der Waals surface area contributed by atoms with Crippen molar-refractivity contribution in [1.29, 1.82) is 0 Å². The smallest absolute Gasteiger partial charge is 0.239 e. The predicted octanol–water partition coefficient (Wildman–Crippen LogP) is 3.00. The summed E-state index contributed by atoms with van der Waals surface area (Å²) in [4.78, 5) is 40.6. The molecule has 0 bridgehead atoms. The second kappa shape index (κ2) is 9.71. The Hall–Kier alpha value is -2.93. The van der Waals surface area contributed by atoms with Crippen molar-refractivity contribution in [3.8, 4) is 0 Å². The van der Waals surface area contributed by atoms with Gasteiger partial charge in [-0.3, -0.25) is 14.4 Å². The molecule has 2 aromatic carbocycles. The maximum absolute atomic E-state index is 13.0. The molecule has 1 unspecified atom stereocenters. The summed E-state index contributed by atoms with van der Waals surface area (Å²) in [6, 6.07) is 12.8. The van der Waals surface area contributed by atoms with E-state index >= 15 is 0 Å². The number of amides is 3. The number of nitrogens with zero attached hydrogens (tertiary/aromatic N) is 2. The molecule has 1 atom stereocenters. The number of halogens is 2. The quantitative estimate of drug-likeness (QED) is 0.732. The molecule has 1 N–H and O–H groups in total. The molecule has 2 aromatic rings. The van der Waals surface area contributed by atoms with Crippen LogP contribution in [0.25, 0.3) is 0 Å². The summed E-state index contributed by atoms with van der Waals surface area (Å²) in [6.07, 6.45) is 0.0811. The highest BCUT2D eigenvalue weighted by Crippen LogP contribution is 2.31. The lowest BCUT2D eigenvalue weighted by molar-refractivity contribution is -0.139. The molecule has 0 saturated carbocycles. The van der Waals surface area contributed by atoms with Crippen LogP contribution in [-0.4, -0.2) is 42.3 Å². The average molecular weight is 432 g/mol. The lowest BCUT2D eigenvalue weighted by Gasteiger charge is -2.24. The molecule has 0 aromatic heterocycles. The van der Waals surface area contributed by atoms with Crippen LogP contribution in [0.4, 0.5) is 10.1 Å². The summed E-state index contributed by atoms with van der Waals surface area (Å²) >= 11 is 6.19. The van der Waals surface area contributed by atoms with Crippen molar-refractivity contribution in [2.45, 2.75) is 19.9 Å². The first-order valence-electron chi connectivity index (χ1n) is 9.74. The van der Waals surface area contributed by atoms with Crippen LogP contribution in [0.3, 0.4) is 0 Å². The SMILES string of the molecule is CCN(CC(=O)NCc1ccc(F)cc1)C(=O)C1CC(=O)N(c2ccccc2Cl)C1. The van der Waals surface area contributed by atoms with Gasteiger partial charge in [-0.25, -0.2) is 4.39 Å². The van der Waals surface area contributed by atoms with E-state index in [1.807, 2.05) is 0 Å². The number of para-hydroxylation sites is 1. The Bertz CT molecular complexity index is 935. The molecule has 3 rings (SSSR count). The lowest BCUT2D eigenvalue weighted by Crippen LogP contribution is -2.43. The number of carbonyl (C=O) groups is 3. The van der Waals surface area contributed by atoms with Crippen molar-refractivity contribution in [2.75, 3.05) is 24.5 Å². The van der Waals surface area contributed by atoms with E-state index in [0.717, 1.165) is 5.56 Å². The van der Waals surface area contributed by atoms with Crippen LogP contribution in [0, 0.1) is 11.7 Å². The summed E-state index contributed by atoms with van der Waals surface area (Å²) in [5.74, 6) is -1.60. The molecule has 0 aliphatic carbocycles. The van der Waals surface area contributed by atoms with Crippen molar-refractivity contribution in [3.63, 3.8) is 0 Å². The van der Waals surface area contributed by atoms with E-state index in [2.05, 4.69) is 5.32 Å². The van der Waals surface area contributed by atoms with Crippen LogP contribution in [0.1, 0.15) is 18.9 Å². The Morgan fingerprint density at radius 1 is 1.20 bits per heavy atom. The van der Waals surface area contributed by atoms with Crippen molar-refractivity contribution in [2.24, 2.45) is 5.92 Å². The zero-order valence-electron chi connectivity index (χ0n) is 16.6. The number of carbonyl (C=O) groups excluding carboxylic acids is 3. The second-order valence-corrected chi connectivity index (χ2v) is 7.52. The molecular formula is C22H23ClFN3O3. The van der Waals surface area contributed by atoms with E-state index in [-0.39, 0.29) is 49.6 Å². The van der Waals surface area contributed by atoms with Gasteiger partial charge in [0.15, 0.2) is 0 Å². The third-order valence-corrected chi connectivity index (χ3v) is 5.37. The van der Waals surface area contributed by atoms with Crippen molar-refractivity contribution >= 4 is 35.0 Å². The van der Waals surface area contributed by atoms with Gasteiger partial charge in [0, 0.05) is 26.1 Å². The van der Waals surface area contributed by atoms with Crippen molar-refractivity contribution < 1.29 is 18.8 Å². The number of benzene rings is 2. The van der Waals surface area contributed by atoms with E-state index in [0.29, 0.717) is 17.3 Å². The number of likely N-dealkylation sites (N-methyl/N-ethyl adjacent to an activating group) is 1. The zero-order chi connectivity index (χ0) is 21.7. The highest BCUT2D eigenvalue weighted by molar-refractivity contribution is 6.33. The minimum atomic E-state index is -0.529. The minimum absolute atomic E-state index is 0.0811. The predicted molar refractivity (Wildman–Crippen MR) is 112 cm³/mol. The topological polar surface area (TPSA) is 69.7 Å². The van der Waals surface area contributed by atoms with Crippen LogP contribution in [0.15, 0.2) is 48.5 Å². The molecule has 30 heavy (non-hydrogen) atoms. The first kappa shape index (κ1) is 21.8. The number of hydrogen-bond donors (Lipinski definition) is 1. The number of anilines is 1. The second-order valence-electron chi connectivity index (χ2n) is 7.11. The maximum atomic E-state index is 13.0. The Kier molecular flexibility index (Phi) is 7.05. The summed E-state index contributed by atoms with van der Waals surface area (Å²) in [5.41, 5.74) is 1.34. The summed E-state index contributed by atoms with van der Waals surface area (Å²) < 4.78 is 13.0. The molecule has 8 heteroatoms. The van der Waals surface area contributed by atoms with Crippen LogP contribution in [-0.2, 0) is 20.9 Å². The highest BCUT2D eigenvalue weighted by atomic mass is 35.5. The normalized spacial score (nSPS) is 15.9. The molecule has 1 aliphatic rings.